The zero-order valence-corrected chi connectivity index (χ0v) is 11.3. The van der Waals surface area contributed by atoms with Crippen molar-refractivity contribution in [3.8, 4) is 6.07 Å². The fourth-order valence-corrected chi connectivity index (χ4v) is 1.84. The van der Waals surface area contributed by atoms with Crippen LogP contribution in [0.15, 0.2) is 48.8 Å². The Kier molecular flexibility index (Phi) is 4.70. The summed E-state index contributed by atoms with van der Waals surface area (Å²) in [5, 5.41) is 12.4. The van der Waals surface area contributed by atoms with E-state index in [4.69, 9.17) is 16.9 Å². The fraction of sp³-hybridized carbons (Fsp3) is 0.133. The topological polar surface area (TPSA) is 65.8 Å². The fourth-order valence-electron chi connectivity index (χ4n) is 1.71. The van der Waals surface area contributed by atoms with Crippen LogP contribution in [-0.2, 0) is 11.2 Å². The molecule has 0 bridgehead atoms. The first-order valence-electron chi connectivity index (χ1n) is 6.04. The third-order valence-electron chi connectivity index (χ3n) is 2.75. The number of nitrogens with zero attached hydrogens (tertiary/aromatic N) is 2. The number of carbonyl (C=O) groups excluding carboxylic acids is 1. The molecule has 1 aromatic carbocycles. The predicted molar refractivity (Wildman–Crippen MR) is 77.1 cm³/mol. The maximum absolute atomic E-state index is 12.0. The first kappa shape index (κ1) is 14.0. The van der Waals surface area contributed by atoms with Crippen LogP contribution in [0.5, 0.6) is 0 Å². The second-order valence-corrected chi connectivity index (χ2v) is 4.68. The van der Waals surface area contributed by atoms with Gasteiger partial charge in [0.1, 0.15) is 5.92 Å². The van der Waals surface area contributed by atoms with Crippen molar-refractivity contribution < 1.29 is 4.79 Å². The number of pyridine rings is 1. The van der Waals surface area contributed by atoms with Crippen LogP contribution in [-0.4, -0.2) is 10.9 Å². The minimum absolute atomic E-state index is 0.335. The third-order valence-corrected chi connectivity index (χ3v) is 3.00. The maximum atomic E-state index is 12.0. The highest BCUT2D eigenvalue weighted by Gasteiger charge is 2.18. The number of nitrogens with one attached hydrogen (secondary N) is 1. The van der Waals surface area contributed by atoms with Gasteiger partial charge in [-0.15, -0.1) is 0 Å². The van der Waals surface area contributed by atoms with Gasteiger partial charge in [-0.3, -0.25) is 9.78 Å². The molecule has 0 radical (unpaired) electrons. The van der Waals surface area contributed by atoms with E-state index >= 15 is 0 Å². The lowest BCUT2D eigenvalue weighted by Gasteiger charge is -2.10. The minimum atomic E-state index is -0.755. The minimum Gasteiger partial charge on any atom is -0.325 e. The molecular weight excluding hydrogens is 274 g/mol. The molecule has 0 saturated heterocycles. The van der Waals surface area contributed by atoms with Gasteiger partial charge in [0.05, 0.1) is 6.07 Å². The van der Waals surface area contributed by atoms with Crippen molar-refractivity contribution in [2.75, 3.05) is 5.32 Å². The van der Waals surface area contributed by atoms with Crippen molar-refractivity contribution in [1.29, 1.82) is 5.26 Å². The zero-order valence-electron chi connectivity index (χ0n) is 10.6. The smallest absolute Gasteiger partial charge is 0.242 e. The molecule has 20 heavy (non-hydrogen) atoms. The van der Waals surface area contributed by atoms with Gasteiger partial charge in [-0.2, -0.15) is 5.26 Å². The van der Waals surface area contributed by atoms with E-state index in [-0.39, 0.29) is 5.91 Å². The number of rotatable bonds is 4. The zero-order chi connectivity index (χ0) is 14.4. The van der Waals surface area contributed by atoms with Gasteiger partial charge in [-0.05, 0) is 42.3 Å². The summed E-state index contributed by atoms with van der Waals surface area (Å²) in [5.41, 5.74) is 1.47. The van der Waals surface area contributed by atoms with Crippen molar-refractivity contribution in [3.63, 3.8) is 0 Å². The van der Waals surface area contributed by atoms with Crippen LogP contribution in [0.4, 0.5) is 5.69 Å². The van der Waals surface area contributed by atoms with E-state index in [0.29, 0.717) is 17.1 Å². The number of carbonyl (C=O) groups is 1. The first-order chi connectivity index (χ1) is 9.69. The average molecular weight is 286 g/mol. The number of hydrogen-bond donors (Lipinski definition) is 1. The van der Waals surface area contributed by atoms with E-state index in [9.17, 15) is 4.79 Å². The van der Waals surface area contributed by atoms with Crippen LogP contribution in [0.25, 0.3) is 0 Å². The van der Waals surface area contributed by atoms with Crippen molar-refractivity contribution in [1.82, 2.24) is 4.98 Å². The molecule has 5 heteroatoms. The molecule has 1 heterocycles. The van der Waals surface area contributed by atoms with Crippen molar-refractivity contribution in [3.05, 3.63) is 59.4 Å². The second-order valence-electron chi connectivity index (χ2n) is 4.24. The highest BCUT2D eigenvalue weighted by Crippen LogP contribution is 2.15. The van der Waals surface area contributed by atoms with Crippen LogP contribution in [0, 0.1) is 17.2 Å². The number of nitriles is 1. The van der Waals surface area contributed by atoms with E-state index in [2.05, 4.69) is 10.3 Å². The van der Waals surface area contributed by atoms with Crippen molar-refractivity contribution in [2.45, 2.75) is 6.42 Å². The van der Waals surface area contributed by atoms with Crippen LogP contribution < -0.4 is 5.32 Å². The van der Waals surface area contributed by atoms with Crippen molar-refractivity contribution in [2.24, 2.45) is 5.92 Å². The van der Waals surface area contributed by atoms with Gasteiger partial charge >= 0.3 is 0 Å². The molecule has 0 fully saturated rings. The van der Waals surface area contributed by atoms with E-state index in [1.165, 1.54) is 0 Å². The van der Waals surface area contributed by atoms with Gasteiger partial charge in [0, 0.05) is 23.1 Å². The molecule has 1 atom stereocenters. The van der Waals surface area contributed by atoms with E-state index in [1.54, 1.807) is 42.7 Å². The molecule has 100 valence electrons. The van der Waals surface area contributed by atoms with Gasteiger partial charge in [0.15, 0.2) is 0 Å². The Labute approximate surface area is 122 Å². The largest absolute Gasteiger partial charge is 0.325 e. The molecule has 1 amide bonds. The molecular formula is C15H12ClN3O. The van der Waals surface area contributed by atoms with Gasteiger partial charge in [-0.1, -0.05) is 17.7 Å². The molecule has 2 aromatic rings. The summed E-state index contributed by atoms with van der Waals surface area (Å²) in [4.78, 5) is 16.0. The highest BCUT2D eigenvalue weighted by atomic mass is 35.5. The third kappa shape index (κ3) is 3.81. The van der Waals surface area contributed by atoms with Crippen molar-refractivity contribution >= 4 is 23.2 Å². The first-order valence-corrected chi connectivity index (χ1v) is 6.42. The number of hydrogen-bond acceptors (Lipinski definition) is 3. The van der Waals surface area contributed by atoms with E-state index in [1.807, 2.05) is 12.1 Å². The Morgan fingerprint density at radius 2 is 2.10 bits per heavy atom. The monoisotopic (exact) mass is 285 g/mol. The number of amides is 1. The van der Waals surface area contributed by atoms with Gasteiger partial charge in [-0.25, -0.2) is 0 Å². The van der Waals surface area contributed by atoms with Crippen LogP contribution in [0.1, 0.15) is 5.56 Å². The summed E-state index contributed by atoms with van der Waals surface area (Å²) >= 11 is 5.77. The standard InChI is InChI=1S/C15H12ClN3O/c16-13-3-5-14(6-4-13)19-15(20)12(9-17)8-11-2-1-7-18-10-11/h1-7,10,12H,8H2,(H,19,20). The van der Waals surface area contributed by atoms with Crippen LogP contribution in [0.2, 0.25) is 5.02 Å². The highest BCUT2D eigenvalue weighted by molar-refractivity contribution is 6.30. The van der Waals surface area contributed by atoms with E-state index in [0.717, 1.165) is 5.56 Å². The summed E-state index contributed by atoms with van der Waals surface area (Å²) in [6, 6.07) is 12.4. The van der Waals surface area contributed by atoms with Crippen LogP contribution >= 0.6 is 11.6 Å². The SMILES string of the molecule is N#CC(Cc1cccnc1)C(=O)Nc1ccc(Cl)cc1. The number of benzene rings is 1. The van der Waals surface area contributed by atoms with Gasteiger partial charge in [0.25, 0.3) is 0 Å². The molecule has 2 rings (SSSR count). The summed E-state index contributed by atoms with van der Waals surface area (Å²) in [6.07, 6.45) is 3.64. The molecule has 1 unspecified atom stereocenters. The van der Waals surface area contributed by atoms with Gasteiger partial charge < -0.3 is 5.32 Å². The Bertz CT molecular complexity index is 620. The Morgan fingerprint density at radius 1 is 1.35 bits per heavy atom. The maximum Gasteiger partial charge on any atom is 0.242 e. The van der Waals surface area contributed by atoms with Gasteiger partial charge in [0.2, 0.25) is 5.91 Å². The molecule has 0 aliphatic rings. The summed E-state index contributed by atoms with van der Waals surface area (Å²) in [6.45, 7) is 0. The summed E-state index contributed by atoms with van der Waals surface area (Å²) < 4.78 is 0. The molecule has 0 spiro atoms. The molecule has 1 aromatic heterocycles. The molecule has 4 nitrogen and oxygen atoms in total. The normalized spacial score (nSPS) is 11.4. The molecule has 0 aliphatic carbocycles. The second kappa shape index (κ2) is 6.69. The van der Waals surface area contributed by atoms with E-state index < -0.39 is 5.92 Å². The Hall–Kier alpha value is -2.38. The molecule has 0 aliphatic heterocycles. The molecule has 1 N–H and O–H groups in total. The average Bonchev–Trinajstić information content (AvgIpc) is 2.48. The summed E-state index contributed by atoms with van der Waals surface area (Å²) in [7, 11) is 0. The number of halogens is 1. The summed E-state index contributed by atoms with van der Waals surface area (Å²) in [5.74, 6) is -1.09. The number of aromatic nitrogens is 1. The lowest BCUT2D eigenvalue weighted by Crippen LogP contribution is -2.23. The van der Waals surface area contributed by atoms with Crippen LogP contribution in [0.3, 0.4) is 0 Å². The molecule has 0 saturated carbocycles. The Balaban J connectivity index is 2.03. The predicted octanol–water partition coefficient (Wildman–Crippen LogP) is 3.06. The lowest BCUT2D eigenvalue weighted by molar-refractivity contribution is -0.118. The Morgan fingerprint density at radius 3 is 2.70 bits per heavy atom. The quantitative estimate of drug-likeness (QED) is 0.939. The number of anilines is 1. The lowest BCUT2D eigenvalue weighted by atomic mass is 10.0.